The largest absolute Gasteiger partial charge is 0.421 e. The number of hydrogen-bond acceptors (Lipinski definition) is 5. The summed E-state index contributed by atoms with van der Waals surface area (Å²) in [5.41, 5.74) is 0.704. The molecule has 0 radical (unpaired) electrons. The number of nitrogens with one attached hydrogen (secondary N) is 1. The standard InChI is InChI=1S/C12H15Cl2N3OS/c1-7(2)15-5-3-4-10-16-17-12(18-10)8-6-9(13)19-11(8)14/h6-7,15H,3-5H2,1-2H3. The Morgan fingerprint density at radius 3 is 2.79 bits per heavy atom. The summed E-state index contributed by atoms with van der Waals surface area (Å²) in [4.78, 5) is 0. The highest BCUT2D eigenvalue weighted by molar-refractivity contribution is 7.20. The maximum absolute atomic E-state index is 6.05. The number of aryl methyl sites for hydroxylation is 1. The normalized spacial score (nSPS) is 11.4. The number of halogens is 2. The Bertz CT molecular complexity index is 539. The zero-order valence-corrected chi connectivity index (χ0v) is 13.1. The van der Waals surface area contributed by atoms with Crippen LogP contribution in [0.25, 0.3) is 11.5 Å². The van der Waals surface area contributed by atoms with Crippen LogP contribution in [0.4, 0.5) is 0 Å². The smallest absolute Gasteiger partial charge is 0.250 e. The van der Waals surface area contributed by atoms with E-state index in [2.05, 4.69) is 29.4 Å². The highest BCUT2D eigenvalue weighted by Gasteiger charge is 2.14. The molecule has 0 atom stereocenters. The molecule has 19 heavy (non-hydrogen) atoms. The first-order chi connectivity index (χ1) is 9.06. The van der Waals surface area contributed by atoms with Crippen molar-refractivity contribution in [2.75, 3.05) is 6.54 Å². The first-order valence-electron chi connectivity index (χ1n) is 6.07. The lowest BCUT2D eigenvalue weighted by Gasteiger charge is -2.05. The van der Waals surface area contributed by atoms with Crippen LogP contribution in [0, 0.1) is 0 Å². The van der Waals surface area contributed by atoms with Crippen molar-refractivity contribution < 1.29 is 4.42 Å². The van der Waals surface area contributed by atoms with Crippen molar-refractivity contribution in [3.05, 3.63) is 20.6 Å². The van der Waals surface area contributed by atoms with Gasteiger partial charge in [0.2, 0.25) is 11.8 Å². The van der Waals surface area contributed by atoms with Crippen molar-refractivity contribution in [3.63, 3.8) is 0 Å². The first kappa shape index (κ1) is 14.8. The molecule has 0 spiro atoms. The van der Waals surface area contributed by atoms with E-state index >= 15 is 0 Å². The molecule has 0 aliphatic carbocycles. The van der Waals surface area contributed by atoms with Gasteiger partial charge in [0.15, 0.2) is 0 Å². The molecule has 0 saturated heterocycles. The summed E-state index contributed by atoms with van der Waals surface area (Å²) in [6.45, 7) is 5.17. The van der Waals surface area contributed by atoms with Gasteiger partial charge in [-0.1, -0.05) is 37.0 Å². The van der Waals surface area contributed by atoms with Gasteiger partial charge in [-0.25, -0.2) is 0 Å². The lowest BCUT2D eigenvalue weighted by Crippen LogP contribution is -2.23. The summed E-state index contributed by atoms with van der Waals surface area (Å²) in [5, 5.41) is 11.4. The maximum atomic E-state index is 6.05. The van der Waals surface area contributed by atoms with Crippen LogP contribution in [0.3, 0.4) is 0 Å². The van der Waals surface area contributed by atoms with Gasteiger partial charge in [-0.2, -0.15) is 0 Å². The van der Waals surface area contributed by atoms with E-state index in [9.17, 15) is 0 Å². The molecular formula is C12H15Cl2N3OS. The quantitative estimate of drug-likeness (QED) is 0.816. The second-order valence-corrected chi connectivity index (χ2v) is 6.74. The number of thiophene rings is 1. The van der Waals surface area contributed by atoms with Crippen LogP contribution < -0.4 is 5.32 Å². The van der Waals surface area contributed by atoms with E-state index in [4.69, 9.17) is 27.6 Å². The Balaban J connectivity index is 1.94. The minimum absolute atomic E-state index is 0.431. The van der Waals surface area contributed by atoms with Crippen molar-refractivity contribution in [1.82, 2.24) is 15.5 Å². The Hall–Kier alpha value is -0.620. The average Bonchev–Trinajstić information content (AvgIpc) is 2.91. The van der Waals surface area contributed by atoms with Crippen LogP contribution in [-0.4, -0.2) is 22.8 Å². The van der Waals surface area contributed by atoms with Crippen LogP contribution >= 0.6 is 34.5 Å². The summed E-state index contributed by atoms with van der Waals surface area (Å²) in [6, 6.07) is 2.23. The maximum Gasteiger partial charge on any atom is 0.250 e. The van der Waals surface area contributed by atoms with Gasteiger partial charge < -0.3 is 9.73 Å². The Labute approximate surface area is 126 Å². The van der Waals surface area contributed by atoms with E-state index in [0.717, 1.165) is 19.4 Å². The Kier molecular flexibility index (Phi) is 5.21. The topological polar surface area (TPSA) is 51.0 Å². The SMILES string of the molecule is CC(C)NCCCc1nnc(-c2cc(Cl)sc2Cl)o1. The number of nitrogens with zero attached hydrogens (tertiary/aromatic N) is 2. The molecule has 2 aromatic rings. The van der Waals surface area contributed by atoms with E-state index in [0.29, 0.717) is 32.1 Å². The monoisotopic (exact) mass is 319 g/mol. The zero-order chi connectivity index (χ0) is 13.8. The second-order valence-electron chi connectivity index (χ2n) is 4.45. The Morgan fingerprint density at radius 2 is 2.16 bits per heavy atom. The summed E-state index contributed by atoms with van der Waals surface area (Å²) < 4.78 is 6.77. The Morgan fingerprint density at radius 1 is 1.37 bits per heavy atom. The third kappa shape index (κ3) is 4.18. The molecule has 2 aromatic heterocycles. The molecule has 2 heterocycles. The molecule has 0 unspecified atom stereocenters. The van der Waals surface area contributed by atoms with Crippen LogP contribution in [0.2, 0.25) is 8.67 Å². The van der Waals surface area contributed by atoms with Crippen molar-refractivity contribution in [2.45, 2.75) is 32.7 Å². The molecule has 0 bridgehead atoms. The van der Waals surface area contributed by atoms with E-state index < -0.39 is 0 Å². The average molecular weight is 320 g/mol. The fourth-order valence-electron chi connectivity index (χ4n) is 1.58. The number of rotatable bonds is 6. The van der Waals surface area contributed by atoms with Crippen molar-refractivity contribution >= 4 is 34.5 Å². The van der Waals surface area contributed by atoms with Crippen LogP contribution in [0.1, 0.15) is 26.2 Å². The summed E-state index contributed by atoms with van der Waals surface area (Å²) in [6.07, 6.45) is 1.71. The van der Waals surface area contributed by atoms with Gasteiger partial charge in [-0.3, -0.25) is 0 Å². The summed E-state index contributed by atoms with van der Waals surface area (Å²) in [7, 11) is 0. The van der Waals surface area contributed by atoms with Crippen LogP contribution in [-0.2, 0) is 6.42 Å². The van der Waals surface area contributed by atoms with E-state index in [1.807, 2.05) is 0 Å². The predicted octanol–water partition coefficient (Wildman–Crippen LogP) is 4.04. The lowest BCUT2D eigenvalue weighted by atomic mass is 10.3. The van der Waals surface area contributed by atoms with Crippen molar-refractivity contribution in [2.24, 2.45) is 0 Å². The fourth-order valence-corrected chi connectivity index (χ4v) is 3.03. The lowest BCUT2D eigenvalue weighted by molar-refractivity contribution is 0.484. The zero-order valence-electron chi connectivity index (χ0n) is 10.7. The molecule has 0 amide bonds. The second kappa shape index (κ2) is 6.70. The van der Waals surface area contributed by atoms with Crippen molar-refractivity contribution in [1.29, 1.82) is 0 Å². The summed E-state index contributed by atoms with van der Waals surface area (Å²) in [5.74, 6) is 1.05. The highest BCUT2D eigenvalue weighted by atomic mass is 35.5. The molecule has 0 saturated carbocycles. The van der Waals surface area contributed by atoms with E-state index in [-0.39, 0.29) is 0 Å². The van der Waals surface area contributed by atoms with Crippen molar-refractivity contribution in [3.8, 4) is 11.5 Å². The molecule has 0 aliphatic heterocycles. The van der Waals surface area contributed by atoms with E-state index in [1.54, 1.807) is 6.07 Å². The molecule has 1 N–H and O–H groups in total. The highest BCUT2D eigenvalue weighted by Crippen LogP contribution is 2.37. The fraction of sp³-hybridized carbons (Fsp3) is 0.500. The molecular weight excluding hydrogens is 305 g/mol. The number of hydrogen-bond donors (Lipinski definition) is 1. The van der Waals surface area contributed by atoms with Crippen LogP contribution in [0.5, 0.6) is 0 Å². The van der Waals surface area contributed by atoms with Gasteiger partial charge in [0, 0.05) is 12.5 Å². The number of aromatic nitrogens is 2. The van der Waals surface area contributed by atoms with Gasteiger partial charge in [0.05, 0.1) is 9.90 Å². The molecule has 0 fully saturated rings. The molecule has 0 aromatic carbocycles. The van der Waals surface area contributed by atoms with Gasteiger partial charge in [-0.05, 0) is 19.0 Å². The van der Waals surface area contributed by atoms with Gasteiger partial charge in [0.1, 0.15) is 4.34 Å². The van der Waals surface area contributed by atoms with Gasteiger partial charge in [-0.15, -0.1) is 21.5 Å². The minimum atomic E-state index is 0.431. The van der Waals surface area contributed by atoms with Gasteiger partial charge >= 0.3 is 0 Å². The molecule has 2 rings (SSSR count). The third-order valence-electron chi connectivity index (χ3n) is 2.47. The predicted molar refractivity (Wildman–Crippen MR) is 79.1 cm³/mol. The van der Waals surface area contributed by atoms with Crippen LogP contribution in [0.15, 0.2) is 10.5 Å². The molecule has 0 aliphatic rings. The molecule has 7 heteroatoms. The van der Waals surface area contributed by atoms with Gasteiger partial charge in [0.25, 0.3) is 0 Å². The molecule has 104 valence electrons. The first-order valence-corrected chi connectivity index (χ1v) is 7.64. The van der Waals surface area contributed by atoms with E-state index in [1.165, 1.54) is 11.3 Å². The summed E-state index contributed by atoms with van der Waals surface area (Å²) >= 11 is 13.2. The minimum Gasteiger partial charge on any atom is -0.421 e. The molecule has 4 nitrogen and oxygen atoms in total. The third-order valence-corrected chi connectivity index (χ3v) is 3.96.